The normalized spacial score (nSPS) is 34.7. The molecule has 0 radical (unpaired) electrons. The van der Waals surface area contributed by atoms with E-state index in [-0.39, 0.29) is 29.1 Å². The van der Waals surface area contributed by atoms with E-state index in [0.29, 0.717) is 19.5 Å². The molecule has 1 amide bonds. The maximum atomic E-state index is 13.0. The number of benzene rings is 1. The highest BCUT2D eigenvalue weighted by molar-refractivity contribution is 5.85. The number of amides is 1. The summed E-state index contributed by atoms with van der Waals surface area (Å²) in [6.45, 7) is 3.13. The lowest BCUT2D eigenvalue weighted by Gasteiger charge is -2.36. The highest BCUT2D eigenvalue weighted by Gasteiger charge is 2.61. The monoisotopic (exact) mass is 327 g/mol. The van der Waals surface area contributed by atoms with Crippen LogP contribution >= 0.6 is 0 Å². The van der Waals surface area contributed by atoms with Crippen LogP contribution in [0.15, 0.2) is 24.3 Å². The number of fused-ring (bicyclic) bond motifs is 2. The highest BCUT2D eigenvalue weighted by atomic mass is 16.4. The van der Waals surface area contributed by atoms with E-state index in [1.807, 2.05) is 11.8 Å². The second-order valence-electron chi connectivity index (χ2n) is 7.92. The van der Waals surface area contributed by atoms with Crippen LogP contribution in [0.4, 0.5) is 0 Å². The van der Waals surface area contributed by atoms with Crippen molar-refractivity contribution >= 4 is 11.9 Å². The first-order chi connectivity index (χ1) is 11.5. The van der Waals surface area contributed by atoms with Crippen LogP contribution in [-0.2, 0) is 21.4 Å². The third kappa shape index (κ3) is 2.35. The number of carboxylic acid groups (broad SMARTS) is 1. The van der Waals surface area contributed by atoms with Crippen LogP contribution < -0.4 is 0 Å². The van der Waals surface area contributed by atoms with E-state index in [4.69, 9.17) is 0 Å². The molecular weight excluding hydrogens is 302 g/mol. The van der Waals surface area contributed by atoms with Gasteiger partial charge in [0.2, 0.25) is 5.91 Å². The molecule has 1 aromatic rings. The number of hydrogen-bond donors (Lipinski definition) is 1. The average molecular weight is 327 g/mol. The van der Waals surface area contributed by atoms with E-state index in [2.05, 4.69) is 24.3 Å². The summed E-state index contributed by atoms with van der Waals surface area (Å²) in [5, 5.41) is 9.26. The minimum Gasteiger partial charge on any atom is -0.481 e. The van der Waals surface area contributed by atoms with Gasteiger partial charge in [-0.3, -0.25) is 9.59 Å². The lowest BCUT2D eigenvalue weighted by molar-refractivity contribution is -0.148. The first-order valence-corrected chi connectivity index (χ1v) is 9.13. The standard InChI is InChI=1S/C20H25NO3/c1-13-12-21(10-8-15(13)19(23)24)18(22)17-11-20(17)9-4-6-14-5-2-3-7-16(14)20/h2-3,5,7,13,15,17H,4,6,8-12H2,1H3,(H,23,24). The Balaban J connectivity index is 1.50. The molecule has 3 aliphatic rings. The fraction of sp³-hybridized carbons (Fsp3) is 0.600. The van der Waals surface area contributed by atoms with Gasteiger partial charge in [0, 0.05) is 24.4 Å². The predicted molar refractivity (Wildman–Crippen MR) is 90.7 cm³/mol. The number of carboxylic acids is 1. The van der Waals surface area contributed by atoms with Crippen molar-refractivity contribution < 1.29 is 14.7 Å². The predicted octanol–water partition coefficient (Wildman–Crippen LogP) is 2.85. The minimum absolute atomic E-state index is 0.0357. The third-order valence-electron chi connectivity index (χ3n) is 6.53. The Kier molecular flexibility index (Phi) is 3.66. The maximum absolute atomic E-state index is 13.0. The number of aliphatic carboxylic acids is 1. The number of carbonyl (C=O) groups is 2. The Labute approximate surface area is 142 Å². The Morgan fingerprint density at radius 2 is 2.08 bits per heavy atom. The fourth-order valence-electron chi connectivity index (χ4n) is 5.09. The van der Waals surface area contributed by atoms with Crippen molar-refractivity contribution in [3.05, 3.63) is 35.4 Å². The molecule has 1 aliphatic heterocycles. The van der Waals surface area contributed by atoms with Crippen LogP contribution in [0, 0.1) is 17.8 Å². The number of aryl methyl sites for hydroxylation is 1. The number of likely N-dealkylation sites (tertiary alicyclic amines) is 1. The van der Waals surface area contributed by atoms with Gasteiger partial charge in [0.15, 0.2) is 0 Å². The van der Waals surface area contributed by atoms with Gasteiger partial charge in [-0.25, -0.2) is 0 Å². The summed E-state index contributed by atoms with van der Waals surface area (Å²) in [4.78, 5) is 26.2. The van der Waals surface area contributed by atoms with Gasteiger partial charge in [-0.2, -0.15) is 0 Å². The largest absolute Gasteiger partial charge is 0.481 e. The van der Waals surface area contributed by atoms with Gasteiger partial charge in [-0.1, -0.05) is 31.2 Å². The molecular formula is C20H25NO3. The summed E-state index contributed by atoms with van der Waals surface area (Å²) in [6, 6.07) is 8.60. The van der Waals surface area contributed by atoms with E-state index < -0.39 is 5.97 Å². The van der Waals surface area contributed by atoms with Crippen LogP contribution in [0.3, 0.4) is 0 Å². The summed E-state index contributed by atoms with van der Waals surface area (Å²) in [6.07, 6.45) is 4.95. The zero-order valence-electron chi connectivity index (χ0n) is 14.2. The molecule has 1 aromatic carbocycles. The van der Waals surface area contributed by atoms with E-state index in [9.17, 15) is 14.7 Å². The lowest BCUT2D eigenvalue weighted by atomic mass is 9.78. The average Bonchev–Trinajstić information content (AvgIpc) is 3.29. The topological polar surface area (TPSA) is 57.6 Å². The van der Waals surface area contributed by atoms with Crippen LogP contribution in [0.1, 0.15) is 43.7 Å². The molecule has 1 N–H and O–H groups in total. The van der Waals surface area contributed by atoms with Crippen molar-refractivity contribution in [2.24, 2.45) is 17.8 Å². The van der Waals surface area contributed by atoms with Crippen molar-refractivity contribution in [1.29, 1.82) is 0 Å². The van der Waals surface area contributed by atoms with Crippen LogP contribution in [0.25, 0.3) is 0 Å². The van der Waals surface area contributed by atoms with Crippen molar-refractivity contribution in [1.82, 2.24) is 4.90 Å². The van der Waals surface area contributed by atoms with Gasteiger partial charge in [0.05, 0.1) is 5.92 Å². The molecule has 1 heterocycles. The SMILES string of the molecule is CC1CN(C(=O)C2CC23CCCc2ccccc23)CCC1C(=O)O. The van der Waals surface area contributed by atoms with Crippen molar-refractivity contribution in [2.45, 2.75) is 44.4 Å². The van der Waals surface area contributed by atoms with Gasteiger partial charge in [0.1, 0.15) is 0 Å². The summed E-state index contributed by atoms with van der Waals surface area (Å²) in [5.74, 6) is -0.639. The van der Waals surface area contributed by atoms with Crippen molar-refractivity contribution in [3.63, 3.8) is 0 Å². The maximum Gasteiger partial charge on any atom is 0.306 e. The van der Waals surface area contributed by atoms with Crippen LogP contribution in [0.2, 0.25) is 0 Å². The van der Waals surface area contributed by atoms with Gasteiger partial charge in [-0.15, -0.1) is 0 Å². The number of nitrogens with zero attached hydrogens (tertiary/aromatic N) is 1. The lowest BCUT2D eigenvalue weighted by Crippen LogP contribution is -2.46. The molecule has 4 nitrogen and oxygen atoms in total. The van der Waals surface area contributed by atoms with Crippen LogP contribution in [0.5, 0.6) is 0 Å². The first-order valence-electron chi connectivity index (χ1n) is 9.13. The first kappa shape index (κ1) is 15.7. The Hall–Kier alpha value is -1.84. The molecule has 1 saturated carbocycles. The molecule has 4 atom stereocenters. The molecule has 128 valence electrons. The molecule has 0 bridgehead atoms. The summed E-state index contributed by atoms with van der Waals surface area (Å²) < 4.78 is 0. The molecule has 4 unspecified atom stereocenters. The van der Waals surface area contributed by atoms with Gasteiger partial charge < -0.3 is 10.0 Å². The smallest absolute Gasteiger partial charge is 0.306 e. The van der Waals surface area contributed by atoms with E-state index in [1.165, 1.54) is 11.1 Å². The Morgan fingerprint density at radius 3 is 2.83 bits per heavy atom. The molecule has 1 spiro atoms. The van der Waals surface area contributed by atoms with Crippen LogP contribution in [-0.4, -0.2) is 35.0 Å². The van der Waals surface area contributed by atoms with Gasteiger partial charge in [-0.05, 0) is 49.1 Å². The minimum atomic E-state index is -0.723. The summed E-state index contributed by atoms with van der Waals surface area (Å²) in [5.41, 5.74) is 2.87. The summed E-state index contributed by atoms with van der Waals surface area (Å²) in [7, 11) is 0. The third-order valence-corrected chi connectivity index (χ3v) is 6.53. The summed E-state index contributed by atoms with van der Waals surface area (Å²) >= 11 is 0. The number of rotatable bonds is 2. The van der Waals surface area contributed by atoms with Gasteiger partial charge in [0.25, 0.3) is 0 Å². The number of carbonyl (C=O) groups excluding carboxylic acids is 1. The van der Waals surface area contributed by atoms with E-state index in [0.717, 1.165) is 25.7 Å². The number of hydrogen-bond acceptors (Lipinski definition) is 2. The molecule has 1 saturated heterocycles. The molecule has 0 aromatic heterocycles. The van der Waals surface area contributed by atoms with E-state index >= 15 is 0 Å². The zero-order valence-corrected chi connectivity index (χ0v) is 14.2. The zero-order chi connectivity index (χ0) is 16.9. The number of piperidine rings is 1. The Morgan fingerprint density at radius 1 is 1.29 bits per heavy atom. The molecule has 4 heteroatoms. The second kappa shape index (κ2) is 5.61. The molecule has 24 heavy (non-hydrogen) atoms. The molecule has 2 aliphatic carbocycles. The van der Waals surface area contributed by atoms with Crippen molar-refractivity contribution in [2.75, 3.05) is 13.1 Å². The molecule has 2 fully saturated rings. The van der Waals surface area contributed by atoms with E-state index in [1.54, 1.807) is 0 Å². The Bertz CT molecular complexity index is 685. The van der Waals surface area contributed by atoms with Gasteiger partial charge >= 0.3 is 5.97 Å². The van der Waals surface area contributed by atoms with Crippen molar-refractivity contribution in [3.8, 4) is 0 Å². The second-order valence-corrected chi connectivity index (χ2v) is 7.92. The molecule has 4 rings (SSSR count). The fourth-order valence-corrected chi connectivity index (χ4v) is 5.09. The quantitative estimate of drug-likeness (QED) is 0.909. The highest BCUT2D eigenvalue weighted by Crippen LogP contribution is 2.61.